The lowest BCUT2D eigenvalue weighted by Gasteiger charge is -2.27. The third kappa shape index (κ3) is 5.59. The normalized spacial score (nSPS) is 16.8. The van der Waals surface area contributed by atoms with Gasteiger partial charge in [-0.05, 0) is 43.0 Å². The summed E-state index contributed by atoms with van der Waals surface area (Å²) in [6.45, 7) is 3.95. The second-order valence-electron chi connectivity index (χ2n) is 7.62. The summed E-state index contributed by atoms with van der Waals surface area (Å²) in [5.74, 6) is -0.654. The van der Waals surface area contributed by atoms with Crippen LogP contribution in [0, 0.1) is 17.7 Å². The Hall–Kier alpha value is -2.35. The van der Waals surface area contributed by atoms with Crippen LogP contribution >= 0.6 is 11.3 Å². The molecule has 1 aromatic carbocycles. The Morgan fingerprint density at radius 1 is 1.17 bits per heavy atom. The third-order valence-corrected chi connectivity index (χ3v) is 6.40. The maximum atomic E-state index is 13.1. The summed E-state index contributed by atoms with van der Waals surface area (Å²) in [5.41, 5.74) is 0.730. The molecule has 8 heteroatoms. The van der Waals surface area contributed by atoms with Crippen LogP contribution in [0.3, 0.4) is 0 Å². The fourth-order valence-corrected chi connectivity index (χ4v) is 4.26. The highest BCUT2D eigenvalue weighted by molar-refractivity contribution is 7.18. The summed E-state index contributed by atoms with van der Waals surface area (Å²) >= 11 is 1.21. The zero-order chi connectivity index (χ0) is 20.8. The van der Waals surface area contributed by atoms with Crippen LogP contribution in [0.15, 0.2) is 24.3 Å². The number of nitrogens with zero attached hydrogens (tertiary/aromatic N) is 2. The van der Waals surface area contributed by atoms with Gasteiger partial charge in [0.15, 0.2) is 0 Å². The van der Waals surface area contributed by atoms with Crippen LogP contribution in [0.25, 0.3) is 10.6 Å². The van der Waals surface area contributed by atoms with Crippen molar-refractivity contribution in [3.05, 3.63) is 30.1 Å². The zero-order valence-corrected chi connectivity index (χ0v) is 17.6. The Balaban J connectivity index is 1.66. The summed E-state index contributed by atoms with van der Waals surface area (Å²) in [6, 6.07) is 5.33. The molecule has 29 heavy (non-hydrogen) atoms. The Bertz CT molecular complexity index is 833. The van der Waals surface area contributed by atoms with E-state index in [0.29, 0.717) is 10.1 Å². The second-order valence-corrected chi connectivity index (χ2v) is 8.59. The number of carbonyl (C=O) groups is 2. The van der Waals surface area contributed by atoms with E-state index >= 15 is 0 Å². The molecule has 2 atom stereocenters. The minimum atomic E-state index is -0.618. The monoisotopic (exact) mass is 418 g/mol. The number of hydrogen-bond acceptors (Lipinski definition) is 5. The van der Waals surface area contributed by atoms with E-state index in [2.05, 4.69) is 20.8 Å². The molecule has 6 nitrogen and oxygen atoms in total. The number of nitrogens with one attached hydrogen (secondary N) is 2. The molecule has 2 amide bonds. The van der Waals surface area contributed by atoms with E-state index in [0.717, 1.165) is 37.7 Å². The van der Waals surface area contributed by atoms with Gasteiger partial charge in [0.2, 0.25) is 16.9 Å². The van der Waals surface area contributed by atoms with Gasteiger partial charge in [0, 0.05) is 11.5 Å². The Labute approximate surface area is 174 Å². The molecule has 0 aliphatic heterocycles. The first-order chi connectivity index (χ1) is 14.0. The van der Waals surface area contributed by atoms with E-state index in [1.807, 2.05) is 13.8 Å². The SMILES string of the molecule is CCC(C)C(NC(=O)C1CCCCC1)C(=O)Nc1nnc(-c2ccc(F)cc2)s1. The van der Waals surface area contributed by atoms with Crippen molar-refractivity contribution in [3.8, 4) is 10.6 Å². The number of hydrogen-bond donors (Lipinski definition) is 2. The van der Waals surface area contributed by atoms with Crippen LogP contribution in [-0.4, -0.2) is 28.1 Å². The molecular weight excluding hydrogens is 391 g/mol. The molecule has 0 spiro atoms. The average Bonchev–Trinajstić information content (AvgIpc) is 3.20. The standard InChI is InChI=1S/C21H27FN4O2S/c1-3-13(2)17(23-18(27)14-7-5-4-6-8-14)19(28)24-21-26-25-20(29-21)15-9-11-16(22)12-10-15/h9-14,17H,3-8H2,1-2H3,(H,23,27)(H,24,26,28). The van der Waals surface area contributed by atoms with Gasteiger partial charge in [-0.3, -0.25) is 14.9 Å². The lowest BCUT2D eigenvalue weighted by atomic mass is 9.88. The molecule has 0 bridgehead atoms. The van der Waals surface area contributed by atoms with E-state index in [9.17, 15) is 14.0 Å². The van der Waals surface area contributed by atoms with E-state index in [-0.39, 0.29) is 29.5 Å². The van der Waals surface area contributed by atoms with Crippen LogP contribution in [-0.2, 0) is 9.59 Å². The molecule has 2 unspecified atom stereocenters. The van der Waals surface area contributed by atoms with Crippen molar-refractivity contribution in [1.82, 2.24) is 15.5 Å². The molecule has 1 aliphatic rings. The maximum Gasteiger partial charge on any atom is 0.249 e. The number of amides is 2. The lowest BCUT2D eigenvalue weighted by molar-refractivity contribution is -0.130. The molecule has 1 aromatic heterocycles. The lowest BCUT2D eigenvalue weighted by Crippen LogP contribution is -2.49. The number of rotatable bonds is 7. The van der Waals surface area contributed by atoms with Crippen molar-refractivity contribution < 1.29 is 14.0 Å². The fraction of sp³-hybridized carbons (Fsp3) is 0.524. The van der Waals surface area contributed by atoms with Crippen molar-refractivity contribution in [2.75, 3.05) is 5.32 Å². The fourth-order valence-electron chi connectivity index (χ4n) is 3.50. The van der Waals surface area contributed by atoms with Gasteiger partial charge in [-0.25, -0.2) is 4.39 Å². The summed E-state index contributed by atoms with van der Waals surface area (Å²) in [4.78, 5) is 25.5. The Morgan fingerprint density at radius 2 is 1.86 bits per heavy atom. The summed E-state index contributed by atoms with van der Waals surface area (Å²) in [6.07, 6.45) is 5.84. The van der Waals surface area contributed by atoms with Gasteiger partial charge in [-0.15, -0.1) is 10.2 Å². The van der Waals surface area contributed by atoms with Crippen LogP contribution < -0.4 is 10.6 Å². The van der Waals surface area contributed by atoms with Gasteiger partial charge in [0.1, 0.15) is 16.9 Å². The zero-order valence-electron chi connectivity index (χ0n) is 16.8. The van der Waals surface area contributed by atoms with Gasteiger partial charge in [-0.2, -0.15) is 0 Å². The molecular formula is C21H27FN4O2S. The molecule has 1 saturated carbocycles. The Kier molecular flexibility index (Phi) is 7.30. The highest BCUT2D eigenvalue weighted by Gasteiger charge is 2.30. The van der Waals surface area contributed by atoms with Gasteiger partial charge >= 0.3 is 0 Å². The van der Waals surface area contributed by atoms with Crippen molar-refractivity contribution in [3.63, 3.8) is 0 Å². The van der Waals surface area contributed by atoms with Crippen molar-refractivity contribution >= 4 is 28.3 Å². The highest BCUT2D eigenvalue weighted by atomic mass is 32.1. The minimum absolute atomic E-state index is 0.00489. The largest absolute Gasteiger partial charge is 0.344 e. The second kappa shape index (κ2) is 9.91. The molecule has 156 valence electrons. The minimum Gasteiger partial charge on any atom is -0.344 e. The molecule has 2 N–H and O–H groups in total. The van der Waals surface area contributed by atoms with E-state index in [4.69, 9.17) is 0 Å². The highest BCUT2D eigenvalue weighted by Crippen LogP contribution is 2.27. The molecule has 1 aliphatic carbocycles. The van der Waals surface area contributed by atoms with Crippen LogP contribution in [0.5, 0.6) is 0 Å². The predicted octanol–water partition coefficient (Wildman–Crippen LogP) is 4.39. The molecule has 1 heterocycles. The molecule has 0 saturated heterocycles. The number of benzene rings is 1. The number of carbonyl (C=O) groups excluding carboxylic acids is 2. The Morgan fingerprint density at radius 3 is 2.52 bits per heavy atom. The van der Waals surface area contributed by atoms with Crippen LogP contribution in [0.1, 0.15) is 52.4 Å². The van der Waals surface area contributed by atoms with E-state index in [1.165, 1.54) is 29.9 Å². The number of aromatic nitrogens is 2. The van der Waals surface area contributed by atoms with Gasteiger partial charge < -0.3 is 5.32 Å². The summed E-state index contributed by atoms with van der Waals surface area (Å²) in [5, 5.41) is 14.8. The van der Waals surface area contributed by atoms with E-state index < -0.39 is 6.04 Å². The van der Waals surface area contributed by atoms with Gasteiger partial charge in [0.25, 0.3) is 0 Å². The number of halogens is 1. The average molecular weight is 419 g/mol. The molecule has 1 fully saturated rings. The van der Waals surface area contributed by atoms with Crippen molar-refractivity contribution in [2.24, 2.45) is 11.8 Å². The van der Waals surface area contributed by atoms with Gasteiger partial charge in [0.05, 0.1) is 0 Å². The van der Waals surface area contributed by atoms with Crippen LogP contribution in [0.2, 0.25) is 0 Å². The first-order valence-electron chi connectivity index (χ1n) is 10.2. The van der Waals surface area contributed by atoms with Crippen molar-refractivity contribution in [1.29, 1.82) is 0 Å². The maximum absolute atomic E-state index is 13.1. The number of anilines is 1. The topological polar surface area (TPSA) is 84.0 Å². The van der Waals surface area contributed by atoms with Gasteiger partial charge in [-0.1, -0.05) is 50.9 Å². The predicted molar refractivity (Wildman–Crippen MR) is 112 cm³/mol. The molecule has 3 rings (SSSR count). The smallest absolute Gasteiger partial charge is 0.249 e. The van der Waals surface area contributed by atoms with Crippen LogP contribution in [0.4, 0.5) is 9.52 Å². The molecule has 2 aromatic rings. The third-order valence-electron chi connectivity index (χ3n) is 5.52. The first-order valence-corrected chi connectivity index (χ1v) is 11.0. The quantitative estimate of drug-likeness (QED) is 0.698. The first kappa shape index (κ1) is 21.4. The van der Waals surface area contributed by atoms with Crippen molar-refractivity contribution in [2.45, 2.75) is 58.4 Å². The van der Waals surface area contributed by atoms with E-state index in [1.54, 1.807) is 12.1 Å². The summed E-state index contributed by atoms with van der Waals surface area (Å²) < 4.78 is 13.1. The molecule has 0 radical (unpaired) electrons. The summed E-state index contributed by atoms with van der Waals surface area (Å²) in [7, 11) is 0.